The average molecular weight is 351 g/mol. The molecule has 0 atom stereocenters. The van der Waals surface area contributed by atoms with Gasteiger partial charge in [-0.2, -0.15) is 0 Å². The molecule has 2 aromatic carbocycles. The maximum absolute atomic E-state index is 12.8. The van der Waals surface area contributed by atoms with Crippen LogP contribution in [0.25, 0.3) is 0 Å². The molecular formula is C17H18FNO4S. The molecule has 0 saturated carbocycles. The molecule has 1 amide bonds. The minimum absolute atomic E-state index is 0.00132. The molecule has 0 spiro atoms. The molecule has 2 aromatic rings. The zero-order valence-corrected chi connectivity index (χ0v) is 14.0. The lowest BCUT2D eigenvalue weighted by atomic mass is 10.2. The van der Waals surface area contributed by atoms with Crippen LogP contribution in [0.2, 0.25) is 0 Å². The number of nitrogens with one attached hydrogen (secondary N) is 1. The third-order valence-electron chi connectivity index (χ3n) is 3.44. The highest BCUT2D eigenvalue weighted by Crippen LogP contribution is 2.17. The second kappa shape index (κ2) is 7.92. The van der Waals surface area contributed by atoms with Crippen molar-refractivity contribution in [3.05, 3.63) is 59.9 Å². The van der Waals surface area contributed by atoms with Crippen LogP contribution in [0.1, 0.15) is 12.0 Å². The Morgan fingerprint density at radius 3 is 2.46 bits per heavy atom. The Morgan fingerprint density at radius 2 is 1.79 bits per heavy atom. The molecule has 0 radical (unpaired) electrons. The van der Waals surface area contributed by atoms with Gasteiger partial charge in [0.15, 0.2) is 9.84 Å². The number of methoxy groups -OCH3 is 1. The number of hydrogen-bond donors (Lipinski definition) is 1. The van der Waals surface area contributed by atoms with E-state index < -0.39 is 15.7 Å². The molecule has 0 heterocycles. The van der Waals surface area contributed by atoms with Crippen molar-refractivity contribution < 1.29 is 22.3 Å². The van der Waals surface area contributed by atoms with Crippen molar-refractivity contribution in [2.24, 2.45) is 0 Å². The van der Waals surface area contributed by atoms with Crippen LogP contribution in [-0.2, 0) is 21.2 Å². The fourth-order valence-electron chi connectivity index (χ4n) is 2.12. The van der Waals surface area contributed by atoms with Crippen molar-refractivity contribution in [1.29, 1.82) is 0 Å². The van der Waals surface area contributed by atoms with Gasteiger partial charge < -0.3 is 10.1 Å². The summed E-state index contributed by atoms with van der Waals surface area (Å²) in [5.41, 5.74) is 0.801. The first-order valence-corrected chi connectivity index (χ1v) is 8.94. The lowest BCUT2D eigenvalue weighted by molar-refractivity contribution is -0.120. The summed E-state index contributed by atoms with van der Waals surface area (Å²) in [6.07, 6.45) is -0.172. The van der Waals surface area contributed by atoms with E-state index in [1.54, 1.807) is 6.07 Å². The second-order valence-electron chi connectivity index (χ2n) is 5.11. The number of halogens is 1. The SMILES string of the molecule is COc1ccccc1CNC(=O)CCS(=O)(=O)c1ccc(F)cc1. The summed E-state index contributed by atoms with van der Waals surface area (Å²) in [6, 6.07) is 11.8. The first-order chi connectivity index (χ1) is 11.4. The number of rotatable bonds is 7. The largest absolute Gasteiger partial charge is 0.496 e. The number of para-hydroxylation sites is 1. The molecule has 2 rings (SSSR count). The number of carbonyl (C=O) groups is 1. The van der Waals surface area contributed by atoms with Gasteiger partial charge in [0.05, 0.1) is 17.8 Å². The zero-order chi connectivity index (χ0) is 17.6. The van der Waals surface area contributed by atoms with E-state index in [0.29, 0.717) is 5.75 Å². The molecular weight excluding hydrogens is 333 g/mol. The fraction of sp³-hybridized carbons (Fsp3) is 0.235. The molecule has 0 aliphatic rings. The Morgan fingerprint density at radius 1 is 1.12 bits per heavy atom. The minimum Gasteiger partial charge on any atom is -0.496 e. The van der Waals surface area contributed by atoms with E-state index >= 15 is 0 Å². The molecule has 0 bridgehead atoms. The maximum atomic E-state index is 12.8. The fourth-order valence-corrected chi connectivity index (χ4v) is 3.36. The normalized spacial score (nSPS) is 11.1. The molecule has 128 valence electrons. The molecule has 24 heavy (non-hydrogen) atoms. The van der Waals surface area contributed by atoms with Gasteiger partial charge in [0.25, 0.3) is 0 Å². The molecule has 5 nitrogen and oxygen atoms in total. The number of carbonyl (C=O) groups excluding carboxylic acids is 1. The molecule has 1 N–H and O–H groups in total. The summed E-state index contributed by atoms with van der Waals surface area (Å²) < 4.78 is 42.2. The Kier molecular flexibility index (Phi) is 5.92. The Hall–Kier alpha value is -2.41. The number of sulfone groups is 1. The third-order valence-corrected chi connectivity index (χ3v) is 5.17. The predicted octanol–water partition coefficient (Wildman–Crippen LogP) is 2.31. The van der Waals surface area contributed by atoms with Crippen molar-refractivity contribution in [1.82, 2.24) is 5.32 Å². The van der Waals surface area contributed by atoms with Crippen molar-refractivity contribution in [2.45, 2.75) is 17.9 Å². The predicted molar refractivity (Wildman–Crippen MR) is 87.9 cm³/mol. The monoisotopic (exact) mass is 351 g/mol. The number of amides is 1. The van der Waals surface area contributed by atoms with Gasteiger partial charge in [-0.15, -0.1) is 0 Å². The van der Waals surface area contributed by atoms with Crippen LogP contribution in [-0.4, -0.2) is 27.2 Å². The second-order valence-corrected chi connectivity index (χ2v) is 7.22. The van der Waals surface area contributed by atoms with E-state index in [-0.39, 0.29) is 29.5 Å². The smallest absolute Gasteiger partial charge is 0.221 e. The first kappa shape index (κ1) is 17.9. The molecule has 0 aromatic heterocycles. The van der Waals surface area contributed by atoms with Crippen LogP contribution >= 0.6 is 0 Å². The summed E-state index contributed by atoms with van der Waals surface area (Å²) in [4.78, 5) is 11.9. The van der Waals surface area contributed by atoms with Gasteiger partial charge in [-0.1, -0.05) is 18.2 Å². The molecule has 0 saturated heterocycles. The first-order valence-electron chi connectivity index (χ1n) is 7.29. The van der Waals surface area contributed by atoms with Crippen molar-refractivity contribution in [2.75, 3.05) is 12.9 Å². The summed E-state index contributed by atoms with van der Waals surface area (Å²) in [6.45, 7) is 0.249. The highest BCUT2D eigenvalue weighted by Gasteiger charge is 2.16. The van der Waals surface area contributed by atoms with Crippen LogP contribution in [0.15, 0.2) is 53.4 Å². The van der Waals surface area contributed by atoms with Gasteiger partial charge in [0.2, 0.25) is 5.91 Å². The van der Waals surface area contributed by atoms with Crippen LogP contribution in [0.3, 0.4) is 0 Å². The standard InChI is InChI=1S/C17H18FNO4S/c1-23-16-5-3-2-4-13(16)12-19-17(20)10-11-24(21,22)15-8-6-14(18)7-9-15/h2-9H,10-12H2,1H3,(H,19,20). The van der Waals surface area contributed by atoms with Crippen molar-refractivity contribution in [3.63, 3.8) is 0 Å². The molecule has 0 aliphatic heterocycles. The highest BCUT2D eigenvalue weighted by molar-refractivity contribution is 7.91. The van der Waals surface area contributed by atoms with Crippen LogP contribution in [0.4, 0.5) is 4.39 Å². The maximum Gasteiger partial charge on any atom is 0.221 e. The van der Waals surface area contributed by atoms with Crippen LogP contribution < -0.4 is 10.1 Å². The van der Waals surface area contributed by atoms with Gasteiger partial charge in [0, 0.05) is 18.5 Å². The van der Waals surface area contributed by atoms with Gasteiger partial charge in [0.1, 0.15) is 11.6 Å². The Bertz CT molecular complexity index is 804. The topological polar surface area (TPSA) is 72.5 Å². The third kappa shape index (κ3) is 4.79. The zero-order valence-electron chi connectivity index (χ0n) is 13.2. The lowest BCUT2D eigenvalue weighted by Gasteiger charge is -2.09. The lowest BCUT2D eigenvalue weighted by Crippen LogP contribution is -2.25. The van der Waals surface area contributed by atoms with E-state index in [1.165, 1.54) is 19.2 Å². The van der Waals surface area contributed by atoms with E-state index in [2.05, 4.69) is 5.32 Å². The van der Waals surface area contributed by atoms with E-state index in [9.17, 15) is 17.6 Å². The number of benzene rings is 2. The van der Waals surface area contributed by atoms with E-state index in [4.69, 9.17) is 4.74 Å². The summed E-state index contributed by atoms with van der Waals surface area (Å²) in [5.74, 6) is -0.581. The Balaban J connectivity index is 1.90. The van der Waals surface area contributed by atoms with Crippen molar-refractivity contribution in [3.8, 4) is 5.75 Å². The van der Waals surface area contributed by atoms with E-state index in [1.807, 2.05) is 18.2 Å². The molecule has 0 unspecified atom stereocenters. The molecule has 0 aliphatic carbocycles. The van der Waals surface area contributed by atoms with Gasteiger partial charge >= 0.3 is 0 Å². The van der Waals surface area contributed by atoms with Crippen LogP contribution in [0, 0.1) is 5.82 Å². The molecule has 0 fully saturated rings. The number of ether oxygens (including phenoxy) is 1. The molecule has 7 heteroatoms. The Labute approximate surface area is 140 Å². The number of hydrogen-bond acceptors (Lipinski definition) is 4. The van der Waals surface area contributed by atoms with Gasteiger partial charge in [-0.25, -0.2) is 12.8 Å². The van der Waals surface area contributed by atoms with Gasteiger partial charge in [-0.05, 0) is 30.3 Å². The quantitative estimate of drug-likeness (QED) is 0.777. The van der Waals surface area contributed by atoms with Crippen LogP contribution in [0.5, 0.6) is 5.75 Å². The van der Waals surface area contributed by atoms with E-state index in [0.717, 1.165) is 17.7 Å². The van der Waals surface area contributed by atoms with Crippen molar-refractivity contribution >= 4 is 15.7 Å². The minimum atomic E-state index is -3.62. The van der Waals surface area contributed by atoms with Gasteiger partial charge in [-0.3, -0.25) is 4.79 Å². The summed E-state index contributed by atoms with van der Waals surface area (Å²) in [5, 5.41) is 2.66. The average Bonchev–Trinajstić information content (AvgIpc) is 2.59. The summed E-state index contributed by atoms with van der Waals surface area (Å²) in [7, 11) is -2.08. The summed E-state index contributed by atoms with van der Waals surface area (Å²) >= 11 is 0. The highest BCUT2D eigenvalue weighted by atomic mass is 32.2.